The molecule has 1 aromatic carbocycles. The minimum atomic E-state index is 0.0518. The smallest absolute Gasteiger partial charge is 0.227 e. The van der Waals surface area contributed by atoms with Gasteiger partial charge in [-0.2, -0.15) is 0 Å². The van der Waals surface area contributed by atoms with Gasteiger partial charge in [0.05, 0.1) is 12.7 Å². The van der Waals surface area contributed by atoms with Gasteiger partial charge in [-0.3, -0.25) is 4.79 Å². The third kappa shape index (κ3) is 5.05. The lowest BCUT2D eigenvalue weighted by Crippen LogP contribution is -2.34. The molecule has 0 radical (unpaired) electrons. The number of benzene rings is 1. The quantitative estimate of drug-likeness (QED) is 0.858. The van der Waals surface area contributed by atoms with Gasteiger partial charge in [0.2, 0.25) is 5.91 Å². The number of amides is 1. The van der Waals surface area contributed by atoms with E-state index in [1.807, 2.05) is 18.2 Å². The molecular formula is C20H30N2O2. The number of ether oxygens (including phenoxy) is 1. The molecule has 3 N–H and O–H groups in total. The highest BCUT2D eigenvalue weighted by Gasteiger charge is 2.25. The fourth-order valence-corrected chi connectivity index (χ4v) is 3.89. The number of hydrogen-bond donors (Lipinski definition) is 2. The molecule has 4 heteroatoms. The Bertz CT molecular complexity index is 540. The van der Waals surface area contributed by atoms with Gasteiger partial charge in [0, 0.05) is 17.6 Å². The second-order valence-corrected chi connectivity index (χ2v) is 7.38. The highest BCUT2D eigenvalue weighted by atomic mass is 16.5. The van der Waals surface area contributed by atoms with Crippen molar-refractivity contribution < 1.29 is 9.53 Å². The second-order valence-electron chi connectivity index (χ2n) is 7.38. The Morgan fingerprint density at radius 3 is 2.75 bits per heavy atom. The van der Waals surface area contributed by atoms with E-state index >= 15 is 0 Å². The molecule has 2 aliphatic rings. The zero-order valence-electron chi connectivity index (χ0n) is 14.5. The van der Waals surface area contributed by atoms with Gasteiger partial charge < -0.3 is 15.8 Å². The summed E-state index contributed by atoms with van der Waals surface area (Å²) in [6.07, 6.45) is 10.5. The van der Waals surface area contributed by atoms with Gasteiger partial charge in [0.15, 0.2) is 0 Å². The van der Waals surface area contributed by atoms with Crippen molar-refractivity contribution in [1.29, 1.82) is 0 Å². The summed E-state index contributed by atoms with van der Waals surface area (Å²) in [7, 11) is 0. The minimum Gasteiger partial charge on any atom is -0.374 e. The van der Waals surface area contributed by atoms with E-state index in [0.29, 0.717) is 12.7 Å². The van der Waals surface area contributed by atoms with Gasteiger partial charge in [0.25, 0.3) is 0 Å². The number of rotatable bonds is 5. The monoisotopic (exact) mass is 330 g/mol. The lowest BCUT2D eigenvalue weighted by molar-refractivity contribution is -0.120. The van der Waals surface area contributed by atoms with Crippen molar-refractivity contribution in [3.8, 4) is 0 Å². The molecular weight excluding hydrogens is 300 g/mol. The highest BCUT2D eigenvalue weighted by Crippen LogP contribution is 2.25. The topological polar surface area (TPSA) is 64.4 Å². The van der Waals surface area contributed by atoms with Crippen LogP contribution in [0.15, 0.2) is 24.3 Å². The number of carbonyl (C=O) groups is 1. The highest BCUT2D eigenvalue weighted by molar-refractivity contribution is 5.92. The molecule has 0 aliphatic heterocycles. The van der Waals surface area contributed by atoms with E-state index in [1.165, 1.54) is 32.1 Å². The predicted octanol–water partition coefficient (Wildman–Crippen LogP) is 3.99. The van der Waals surface area contributed by atoms with Gasteiger partial charge >= 0.3 is 0 Å². The van der Waals surface area contributed by atoms with Crippen molar-refractivity contribution >= 4 is 11.6 Å². The summed E-state index contributed by atoms with van der Waals surface area (Å²) in [6.45, 7) is 0.628. The molecule has 0 bridgehead atoms. The van der Waals surface area contributed by atoms with Crippen molar-refractivity contribution in [2.75, 3.05) is 5.32 Å². The molecule has 2 unspecified atom stereocenters. The second kappa shape index (κ2) is 8.63. The van der Waals surface area contributed by atoms with E-state index in [9.17, 15) is 4.79 Å². The number of nitrogens with two attached hydrogens (primary N) is 1. The van der Waals surface area contributed by atoms with Crippen molar-refractivity contribution in [2.45, 2.75) is 76.5 Å². The summed E-state index contributed by atoms with van der Waals surface area (Å²) in [6, 6.07) is 8.20. The third-order valence-corrected chi connectivity index (χ3v) is 5.32. The van der Waals surface area contributed by atoms with Crippen molar-refractivity contribution in [3.63, 3.8) is 0 Å². The third-order valence-electron chi connectivity index (χ3n) is 5.32. The molecule has 2 aliphatic carbocycles. The van der Waals surface area contributed by atoms with Gasteiger partial charge in [-0.05, 0) is 49.8 Å². The molecule has 0 heterocycles. The minimum absolute atomic E-state index is 0.0518. The maximum atomic E-state index is 12.4. The molecule has 2 fully saturated rings. The maximum Gasteiger partial charge on any atom is 0.227 e. The number of carbonyl (C=O) groups excluding carboxylic acids is 1. The average molecular weight is 330 g/mol. The Kier molecular flexibility index (Phi) is 6.27. The van der Waals surface area contributed by atoms with Crippen molar-refractivity contribution in [1.82, 2.24) is 0 Å². The summed E-state index contributed by atoms with van der Waals surface area (Å²) < 4.78 is 6.03. The van der Waals surface area contributed by atoms with E-state index in [0.717, 1.165) is 36.9 Å². The van der Waals surface area contributed by atoms with E-state index in [2.05, 4.69) is 11.4 Å². The fourth-order valence-electron chi connectivity index (χ4n) is 3.89. The lowest BCUT2D eigenvalue weighted by Gasteiger charge is -2.25. The van der Waals surface area contributed by atoms with E-state index in [1.54, 1.807) is 0 Å². The molecule has 1 aromatic rings. The van der Waals surface area contributed by atoms with Crippen molar-refractivity contribution in [2.24, 2.45) is 11.7 Å². The lowest BCUT2D eigenvalue weighted by atomic mass is 9.85. The number of anilines is 1. The van der Waals surface area contributed by atoms with Gasteiger partial charge in [-0.1, -0.05) is 37.8 Å². The summed E-state index contributed by atoms with van der Waals surface area (Å²) >= 11 is 0. The Balaban J connectivity index is 1.51. The van der Waals surface area contributed by atoms with Crippen LogP contribution in [0.2, 0.25) is 0 Å². The largest absolute Gasteiger partial charge is 0.374 e. The maximum absolute atomic E-state index is 12.4. The van der Waals surface area contributed by atoms with E-state index in [-0.39, 0.29) is 17.9 Å². The van der Waals surface area contributed by atoms with Crippen LogP contribution in [0.3, 0.4) is 0 Å². The Morgan fingerprint density at radius 1 is 1.12 bits per heavy atom. The van der Waals surface area contributed by atoms with Crippen LogP contribution in [-0.2, 0) is 16.1 Å². The Hall–Kier alpha value is -1.39. The van der Waals surface area contributed by atoms with Crippen LogP contribution in [0.1, 0.15) is 63.4 Å². The van der Waals surface area contributed by atoms with Crippen LogP contribution in [0.5, 0.6) is 0 Å². The summed E-state index contributed by atoms with van der Waals surface area (Å²) in [5, 5.41) is 3.06. The normalized spacial score (nSPS) is 25.4. The zero-order valence-corrected chi connectivity index (χ0v) is 14.5. The average Bonchev–Trinajstić information content (AvgIpc) is 2.61. The first-order chi connectivity index (χ1) is 11.7. The van der Waals surface area contributed by atoms with Crippen LogP contribution < -0.4 is 11.1 Å². The molecule has 3 rings (SSSR count). The van der Waals surface area contributed by atoms with E-state index in [4.69, 9.17) is 10.5 Å². The van der Waals surface area contributed by atoms with Crippen LogP contribution in [0, 0.1) is 5.92 Å². The fraction of sp³-hybridized carbons (Fsp3) is 0.650. The Labute approximate surface area is 145 Å². The van der Waals surface area contributed by atoms with Crippen LogP contribution in [-0.4, -0.2) is 18.1 Å². The summed E-state index contributed by atoms with van der Waals surface area (Å²) in [5.74, 6) is 0.159. The van der Waals surface area contributed by atoms with Crippen LogP contribution in [0.25, 0.3) is 0 Å². The summed E-state index contributed by atoms with van der Waals surface area (Å²) in [4.78, 5) is 12.4. The van der Waals surface area contributed by atoms with Crippen molar-refractivity contribution in [3.05, 3.63) is 29.8 Å². The van der Waals surface area contributed by atoms with Gasteiger partial charge in [-0.25, -0.2) is 0 Å². The predicted molar refractivity (Wildman–Crippen MR) is 96.7 cm³/mol. The first kappa shape index (κ1) is 17.4. The van der Waals surface area contributed by atoms with Crippen LogP contribution >= 0.6 is 0 Å². The van der Waals surface area contributed by atoms with Gasteiger partial charge in [-0.15, -0.1) is 0 Å². The number of hydrogen-bond acceptors (Lipinski definition) is 3. The number of nitrogens with one attached hydrogen (secondary N) is 1. The molecule has 132 valence electrons. The molecule has 2 atom stereocenters. The molecule has 24 heavy (non-hydrogen) atoms. The Morgan fingerprint density at radius 2 is 1.96 bits per heavy atom. The van der Waals surface area contributed by atoms with E-state index < -0.39 is 0 Å². The van der Waals surface area contributed by atoms with Gasteiger partial charge in [0.1, 0.15) is 0 Å². The summed E-state index contributed by atoms with van der Waals surface area (Å²) in [5.41, 5.74) is 7.98. The molecule has 0 saturated heterocycles. The molecule has 0 aromatic heterocycles. The zero-order chi connectivity index (χ0) is 16.8. The molecule has 2 saturated carbocycles. The molecule has 0 spiro atoms. The molecule has 4 nitrogen and oxygen atoms in total. The first-order valence-corrected chi connectivity index (χ1v) is 9.47. The van der Waals surface area contributed by atoms with Crippen LogP contribution in [0.4, 0.5) is 5.69 Å². The standard InChI is InChI=1S/C20H30N2O2/c21-17-8-5-7-16(13-17)20(23)22-18-9-4-6-15(12-18)14-24-19-10-2-1-3-11-19/h4,6,9,12,16-17,19H,1-3,5,7-8,10-11,13-14,21H2,(H,22,23). The molecule has 1 amide bonds. The SMILES string of the molecule is NC1CCCC(C(=O)Nc2cccc(COC3CCCCC3)c2)C1. The first-order valence-electron chi connectivity index (χ1n) is 9.47.